The first-order valence-electron chi connectivity index (χ1n) is 8.87. The number of hydrogen-bond acceptors (Lipinski definition) is 8. The number of nitrogens with zero attached hydrogens (tertiary/aromatic N) is 4. The van der Waals surface area contributed by atoms with Crippen LogP contribution in [-0.2, 0) is 6.54 Å². The van der Waals surface area contributed by atoms with E-state index >= 15 is 0 Å². The molecule has 8 nitrogen and oxygen atoms in total. The predicted molar refractivity (Wildman–Crippen MR) is 102 cm³/mol. The van der Waals surface area contributed by atoms with E-state index in [0.29, 0.717) is 23.9 Å². The van der Waals surface area contributed by atoms with Crippen LogP contribution in [0.3, 0.4) is 0 Å². The lowest BCUT2D eigenvalue weighted by Crippen LogP contribution is -2.03. The molecule has 28 heavy (non-hydrogen) atoms. The average Bonchev–Trinajstić information content (AvgIpc) is 3.34. The fourth-order valence-corrected chi connectivity index (χ4v) is 3.17. The van der Waals surface area contributed by atoms with Gasteiger partial charge in [0.25, 0.3) is 5.89 Å². The first-order chi connectivity index (χ1) is 13.7. The molecule has 0 atom stereocenters. The van der Waals surface area contributed by atoms with Crippen LogP contribution in [0.2, 0.25) is 0 Å². The van der Waals surface area contributed by atoms with E-state index < -0.39 is 0 Å². The molecule has 1 aromatic carbocycles. The van der Waals surface area contributed by atoms with E-state index in [1.165, 1.54) is 0 Å². The number of hydrogen-bond donors (Lipinski definition) is 1. The van der Waals surface area contributed by atoms with Gasteiger partial charge in [-0.05, 0) is 43.7 Å². The Morgan fingerprint density at radius 1 is 1.04 bits per heavy atom. The lowest BCUT2D eigenvalue weighted by molar-refractivity contribution is 0.174. The molecule has 0 unspecified atom stereocenters. The van der Waals surface area contributed by atoms with Crippen molar-refractivity contribution in [2.75, 3.05) is 12.1 Å². The molecule has 8 heteroatoms. The number of fused-ring (bicyclic) bond motifs is 2. The van der Waals surface area contributed by atoms with Gasteiger partial charge in [0.05, 0.1) is 11.3 Å². The largest absolute Gasteiger partial charge is 0.454 e. The van der Waals surface area contributed by atoms with Crippen LogP contribution in [0, 0.1) is 13.8 Å². The highest BCUT2D eigenvalue weighted by molar-refractivity contribution is 5.96. The third kappa shape index (κ3) is 2.88. The van der Waals surface area contributed by atoms with Crippen LogP contribution in [0.4, 0.5) is 5.69 Å². The molecule has 4 heterocycles. The van der Waals surface area contributed by atoms with E-state index in [9.17, 15) is 0 Å². The number of aryl methyl sites for hydroxylation is 2. The topological polar surface area (TPSA) is 95.2 Å². The molecule has 0 saturated heterocycles. The van der Waals surface area contributed by atoms with E-state index in [1.54, 1.807) is 13.1 Å². The maximum atomic E-state index is 5.47. The molecule has 0 saturated carbocycles. The van der Waals surface area contributed by atoms with Gasteiger partial charge < -0.3 is 19.3 Å². The summed E-state index contributed by atoms with van der Waals surface area (Å²) >= 11 is 0. The quantitative estimate of drug-likeness (QED) is 0.578. The normalized spacial score (nSPS) is 12.5. The zero-order chi connectivity index (χ0) is 19.1. The van der Waals surface area contributed by atoms with Crippen molar-refractivity contribution in [2.24, 2.45) is 0 Å². The Hall–Kier alpha value is -3.68. The maximum absolute atomic E-state index is 5.47. The summed E-state index contributed by atoms with van der Waals surface area (Å²) in [4.78, 5) is 13.4. The van der Waals surface area contributed by atoms with Gasteiger partial charge in [-0.2, -0.15) is 4.98 Å². The Morgan fingerprint density at radius 2 is 1.93 bits per heavy atom. The zero-order valence-corrected chi connectivity index (χ0v) is 15.4. The summed E-state index contributed by atoms with van der Waals surface area (Å²) in [6, 6.07) is 9.84. The van der Waals surface area contributed by atoms with Crippen molar-refractivity contribution in [3.05, 3.63) is 53.6 Å². The molecule has 0 bridgehead atoms. The third-order valence-corrected chi connectivity index (χ3v) is 4.53. The van der Waals surface area contributed by atoms with Gasteiger partial charge in [0, 0.05) is 23.8 Å². The number of benzene rings is 1. The molecular weight excluding hydrogens is 358 g/mol. The Labute approximate surface area is 160 Å². The molecule has 4 aromatic rings. The van der Waals surface area contributed by atoms with E-state index in [4.69, 9.17) is 14.0 Å². The van der Waals surface area contributed by atoms with E-state index in [-0.39, 0.29) is 6.79 Å². The van der Waals surface area contributed by atoms with Gasteiger partial charge in [0.1, 0.15) is 0 Å². The SMILES string of the molecule is Cc1ccc2c(NCc3ccc4c(c3)OCO4)c(-c3nc(C)no3)cnc2n1. The molecule has 1 N–H and O–H groups in total. The molecule has 0 fully saturated rings. The minimum atomic E-state index is 0.257. The molecular formula is C20H17N5O3. The molecule has 3 aromatic heterocycles. The molecule has 0 spiro atoms. The fraction of sp³-hybridized carbons (Fsp3) is 0.200. The maximum Gasteiger partial charge on any atom is 0.261 e. The molecule has 0 amide bonds. The number of aromatic nitrogens is 4. The summed E-state index contributed by atoms with van der Waals surface area (Å²) in [5.41, 5.74) is 4.21. The van der Waals surface area contributed by atoms with Crippen LogP contribution >= 0.6 is 0 Å². The Bertz CT molecular complexity index is 1190. The van der Waals surface area contributed by atoms with Crippen molar-refractivity contribution >= 4 is 16.7 Å². The van der Waals surface area contributed by atoms with Crippen LogP contribution in [0.15, 0.2) is 41.1 Å². The average molecular weight is 375 g/mol. The van der Waals surface area contributed by atoms with E-state index in [1.807, 2.05) is 37.3 Å². The highest BCUT2D eigenvalue weighted by Gasteiger charge is 2.17. The smallest absolute Gasteiger partial charge is 0.261 e. The Balaban J connectivity index is 1.55. The second-order valence-corrected chi connectivity index (χ2v) is 6.56. The molecule has 1 aliphatic heterocycles. The van der Waals surface area contributed by atoms with Crippen LogP contribution in [-0.4, -0.2) is 26.9 Å². The lowest BCUT2D eigenvalue weighted by atomic mass is 10.1. The van der Waals surface area contributed by atoms with Crippen molar-refractivity contribution in [3.63, 3.8) is 0 Å². The number of ether oxygens (including phenoxy) is 2. The minimum absolute atomic E-state index is 0.257. The van der Waals surface area contributed by atoms with E-state index in [2.05, 4.69) is 25.4 Å². The first kappa shape index (κ1) is 16.5. The van der Waals surface area contributed by atoms with Gasteiger partial charge in [-0.15, -0.1) is 0 Å². The number of rotatable bonds is 4. The second-order valence-electron chi connectivity index (χ2n) is 6.56. The van der Waals surface area contributed by atoms with Crippen molar-refractivity contribution in [1.82, 2.24) is 20.1 Å². The van der Waals surface area contributed by atoms with Gasteiger partial charge in [0.2, 0.25) is 6.79 Å². The molecule has 1 aliphatic rings. The number of anilines is 1. The number of nitrogens with one attached hydrogen (secondary N) is 1. The van der Waals surface area contributed by atoms with Gasteiger partial charge >= 0.3 is 0 Å². The van der Waals surface area contributed by atoms with Crippen molar-refractivity contribution in [3.8, 4) is 23.0 Å². The summed E-state index contributed by atoms with van der Waals surface area (Å²) in [6.07, 6.45) is 1.71. The van der Waals surface area contributed by atoms with Gasteiger partial charge in [-0.1, -0.05) is 11.2 Å². The Morgan fingerprint density at radius 3 is 2.79 bits per heavy atom. The van der Waals surface area contributed by atoms with E-state index in [0.717, 1.165) is 39.4 Å². The molecule has 140 valence electrons. The van der Waals surface area contributed by atoms with Crippen LogP contribution < -0.4 is 14.8 Å². The fourth-order valence-electron chi connectivity index (χ4n) is 3.17. The zero-order valence-electron chi connectivity index (χ0n) is 15.4. The van der Waals surface area contributed by atoms with Crippen LogP contribution in [0.5, 0.6) is 11.5 Å². The summed E-state index contributed by atoms with van der Waals surface area (Å²) in [5.74, 6) is 2.50. The number of pyridine rings is 2. The van der Waals surface area contributed by atoms with Gasteiger partial charge in [0.15, 0.2) is 23.0 Å². The summed E-state index contributed by atoms with van der Waals surface area (Å²) < 4.78 is 16.2. The summed E-state index contributed by atoms with van der Waals surface area (Å²) in [7, 11) is 0. The highest BCUT2D eigenvalue weighted by Crippen LogP contribution is 2.35. The van der Waals surface area contributed by atoms with Crippen LogP contribution in [0.1, 0.15) is 17.1 Å². The lowest BCUT2D eigenvalue weighted by Gasteiger charge is -2.13. The van der Waals surface area contributed by atoms with Crippen LogP contribution in [0.25, 0.3) is 22.5 Å². The van der Waals surface area contributed by atoms with Crippen molar-refractivity contribution < 1.29 is 14.0 Å². The molecule has 0 aliphatic carbocycles. The van der Waals surface area contributed by atoms with Gasteiger partial charge in [-0.25, -0.2) is 9.97 Å². The van der Waals surface area contributed by atoms with Crippen molar-refractivity contribution in [2.45, 2.75) is 20.4 Å². The standard InChI is InChI=1S/C20H17N5O3/c1-11-3-5-14-18(21-8-13-4-6-16-17(7-13)27-10-26-16)15(9-22-19(14)23-11)20-24-12(2)25-28-20/h3-7,9H,8,10H2,1-2H3,(H,21,22,23). The first-order valence-corrected chi connectivity index (χ1v) is 8.87. The minimum Gasteiger partial charge on any atom is -0.454 e. The molecule has 5 rings (SSSR count). The summed E-state index contributed by atoms with van der Waals surface area (Å²) in [6.45, 7) is 4.55. The van der Waals surface area contributed by atoms with Gasteiger partial charge in [-0.3, -0.25) is 0 Å². The third-order valence-electron chi connectivity index (χ3n) is 4.53. The highest BCUT2D eigenvalue weighted by atomic mass is 16.7. The summed E-state index contributed by atoms with van der Waals surface area (Å²) in [5, 5.41) is 8.27. The van der Waals surface area contributed by atoms with Crippen molar-refractivity contribution in [1.29, 1.82) is 0 Å². The predicted octanol–water partition coefficient (Wildman–Crippen LogP) is 3.64. The molecule has 0 radical (unpaired) electrons. The monoisotopic (exact) mass is 375 g/mol. The Kier molecular flexibility index (Phi) is 3.82. The second kappa shape index (κ2) is 6.49.